The Labute approximate surface area is 186 Å². The highest BCUT2D eigenvalue weighted by Crippen LogP contribution is 2.12. The highest BCUT2D eigenvalue weighted by Gasteiger charge is 2.16. The molecule has 2 rings (SSSR count). The molecule has 1 aromatic heterocycles. The largest absolute Gasteiger partial charge is 0.256 e. The molecule has 2 heteroatoms. The number of hydrogen-bond donors (Lipinski definition) is 0. The fourth-order valence-electron chi connectivity index (χ4n) is 4.40. The van der Waals surface area contributed by atoms with Crippen LogP contribution in [0.25, 0.3) is 0 Å². The summed E-state index contributed by atoms with van der Waals surface area (Å²) in [6.07, 6.45) is 24.9. The van der Waals surface area contributed by atoms with Gasteiger partial charge in [-0.2, -0.15) is 0 Å². The minimum absolute atomic E-state index is 1.14. The lowest BCUT2D eigenvalue weighted by Gasteiger charge is -2.06. The minimum Gasteiger partial charge on any atom is -0.234 e. The molecule has 0 saturated carbocycles. The van der Waals surface area contributed by atoms with Gasteiger partial charge in [-0.25, -0.2) is 9.13 Å². The average Bonchev–Trinajstić information content (AvgIpc) is 3.15. The van der Waals surface area contributed by atoms with Gasteiger partial charge in [0.05, 0.1) is 13.1 Å². The van der Waals surface area contributed by atoms with Crippen molar-refractivity contribution in [3.8, 4) is 0 Å². The van der Waals surface area contributed by atoms with E-state index in [1.54, 1.807) is 5.82 Å². The number of nitrogens with zero attached hydrogens (tertiary/aromatic N) is 2. The predicted molar refractivity (Wildman–Crippen MR) is 130 cm³/mol. The number of imidazole rings is 1. The second-order valence-electron chi connectivity index (χ2n) is 8.98. The molecule has 0 aliphatic carbocycles. The molecule has 0 amide bonds. The van der Waals surface area contributed by atoms with Crippen LogP contribution in [0.2, 0.25) is 0 Å². The lowest BCUT2D eigenvalue weighted by Crippen LogP contribution is -2.37. The van der Waals surface area contributed by atoms with Gasteiger partial charge in [0.15, 0.2) is 0 Å². The Morgan fingerprint density at radius 2 is 1.30 bits per heavy atom. The van der Waals surface area contributed by atoms with Gasteiger partial charge >= 0.3 is 0 Å². The van der Waals surface area contributed by atoms with E-state index in [0.29, 0.717) is 0 Å². The highest BCUT2D eigenvalue weighted by molar-refractivity contribution is 5.14. The Bertz CT molecular complexity index is 644. The molecular weight excluding hydrogens is 364 g/mol. The van der Waals surface area contributed by atoms with Gasteiger partial charge in [0.25, 0.3) is 5.82 Å². The number of rotatable bonds is 18. The van der Waals surface area contributed by atoms with Crippen LogP contribution in [0.5, 0.6) is 0 Å². The summed E-state index contributed by atoms with van der Waals surface area (Å²) in [4.78, 5) is 0. The SMILES string of the molecule is CCCCCCCCCCCCn1cc[n+](CCCc2ccccc2)c1CCCC. The van der Waals surface area contributed by atoms with E-state index in [-0.39, 0.29) is 0 Å². The molecule has 0 aliphatic heterocycles. The molecule has 1 aromatic carbocycles. The van der Waals surface area contributed by atoms with Crippen LogP contribution in [-0.4, -0.2) is 4.57 Å². The van der Waals surface area contributed by atoms with Crippen molar-refractivity contribution in [2.75, 3.05) is 0 Å². The van der Waals surface area contributed by atoms with Crippen molar-refractivity contribution in [1.82, 2.24) is 4.57 Å². The van der Waals surface area contributed by atoms with E-state index in [9.17, 15) is 0 Å². The molecule has 0 spiro atoms. The van der Waals surface area contributed by atoms with Crippen LogP contribution in [0.4, 0.5) is 0 Å². The average molecular weight is 412 g/mol. The topological polar surface area (TPSA) is 8.81 Å². The van der Waals surface area contributed by atoms with Crippen molar-refractivity contribution in [2.24, 2.45) is 0 Å². The van der Waals surface area contributed by atoms with E-state index < -0.39 is 0 Å². The monoisotopic (exact) mass is 411 g/mol. The Morgan fingerprint density at radius 3 is 1.97 bits per heavy atom. The number of aryl methyl sites for hydroxylation is 3. The van der Waals surface area contributed by atoms with Gasteiger partial charge in [0.2, 0.25) is 0 Å². The second kappa shape index (κ2) is 16.2. The lowest BCUT2D eigenvalue weighted by atomic mass is 10.1. The van der Waals surface area contributed by atoms with Crippen LogP contribution in [0.1, 0.15) is 109 Å². The van der Waals surface area contributed by atoms with Crippen LogP contribution in [0.3, 0.4) is 0 Å². The van der Waals surface area contributed by atoms with Gasteiger partial charge in [-0.1, -0.05) is 102 Å². The quantitative estimate of drug-likeness (QED) is 0.176. The first-order chi connectivity index (χ1) is 14.8. The fraction of sp³-hybridized carbons (Fsp3) is 0.679. The van der Waals surface area contributed by atoms with E-state index in [1.807, 2.05) is 0 Å². The zero-order chi connectivity index (χ0) is 21.3. The Kier molecular flexibility index (Phi) is 13.3. The Balaban J connectivity index is 1.69. The van der Waals surface area contributed by atoms with Gasteiger partial charge in [0, 0.05) is 6.42 Å². The maximum Gasteiger partial charge on any atom is 0.256 e. The summed E-state index contributed by atoms with van der Waals surface area (Å²) >= 11 is 0. The third-order valence-electron chi connectivity index (χ3n) is 6.30. The highest BCUT2D eigenvalue weighted by atomic mass is 15.1. The number of unbranched alkanes of at least 4 members (excludes halogenated alkanes) is 10. The summed E-state index contributed by atoms with van der Waals surface area (Å²) in [5.74, 6) is 1.54. The molecule has 168 valence electrons. The summed E-state index contributed by atoms with van der Waals surface area (Å²) in [5.41, 5.74) is 1.46. The smallest absolute Gasteiger partial charge is 0.234 e. The number of benzene rings is 1. The molecule has 0 aliphatic rings. The molecule has 0 unspecified atom stereocenters. The van der Waals surface area contributed by atoms with Crippen LogP contribution in [0.15, 0.2) is 42.7 Å². The minimum atomic E-state index is 1.14. The first-order valence-corrected chi connectivity index (χ1v) is 13.0. The summed E-state index contributed by atoms with van der Waals surface area (Å²) in [7, 11) is 0. The fourth-order valence-corrected chi connectivity index (χ4v) is 4.40. The Morgan fingerprint density at radius 1 is 0.667 bits per heavy atom. The van der Waals surface area contributed by atoms with Crippen molar-refractivity contribution in [2.45, 2.75) is 123 Å². The molecule has 1 heterocycles. The molecular formula is C28H47N2+. The molecule has 2 aromatic rings. The molecule has 30 heavy (non-hydrogen) atoms. The van der Waals surface area contributed by atoms with Gasteiger partial charge in [0.1, 0.15) is 12.4 Å². The third kappa shape index (κ3) is 9.96. The van der Waals surface area contributed by atoms with E-state index in [2.05, 4.69) is 65.7 Å². The van der Waals surface area contributed by atoms with Crippen LogP contribution >= 0.6 is 0 Å². The molecule has 2 nitrogen and oxygen atoms in total. The van der Waals surface area contributed by atoms with Crippen molar-refractivity contribution < 1.29 is 4.57 Å². The van der Waals surface area contributed by atoms with E-state index >= 15 is 0 Å². The van der Waals surface area contributed by atoms with Crippen molar-refractivity contribution >= 4 is 0 Å². The lowest BCUT2D eigenvalue weighted by molar-refractivity contribution is -0.704. The normalized spacial score (nSPS) is 11.3. The van der Waals surface area contributed by atoms with E-state index in [4.69, 9.17) is 0 Å². The Hall–Kier alpha value is -1.57. The zero-order valence-corrected chi connectivity index (χ0v) is 20.0. The molecule has 0 saturated heterocycles. The summed E-state index contributed by atoms with van der Waals surface area (Å²) in [6, 6.07) is 10.9. The molecule has 0 atom stereocenters. The predicted octanol–water partition coefficient (Wildman–Crippen LogP) is 7.67. The van der Waals surface area contributed by atoms with E-state index in [0.717, 1.165) is 6.54 Å². The van der Waals surface area contributed by atoms with Crippen molar-refractivity contribution in [1.29, 1.82) is 0 Å². The molecule has 0 bridgehead atoms. The van der Waals surface area contributed by atoms with Crippen molar-refractivity contribution in [3.05, 3.63) is 54.1 Å². The van der Waals surface area contributed by atoms with Gasteiger partial charge in [-0.05, 0) is 37.7 Å². The van der Waals surface area contributed by atoms with Gasteiger partial charge < -0.3 is 0 Å². The summed E-state index contributed by atoms with van der Waals surface area (Å²) in [5, 5.41) is 0. The number of aromatic nitrogens is 2. The molecule has 0 N–H and O–H groups in total. The summed E-state index contributed by atoms with van der Waals surface area (Å²) in [6.45, 7) is 6.93. The van der Waals surface area contributed by atoms with Crippen LogP contribution < -0.4 is 4.57 Å². The maximum absolute atomic E-state index is 2.54. The zero-order valence-electron chi connectivity index (χ0n) is 20.0. The van der Waals surface area contributed by atoms with Crippen molar-refractivity contribution in [3.63, 3.8) is 0 Å². The van der Waals surface area contributed by atoms with Gasteiger partial charge in [-0.3, -0.25) is 0 Å². The maximum atomic E-state index is 2.54. The van der Waals surface area contributed by atoms with E-state index in [1.165, 1.54) is 108 Å². The summed E-state index contributed by atoms with van der Waals surface area (Å²) < 4.78 is 5.07. The standard InChI is InChI=1S/C28H47N2/c1-3-5-7-8-9-10-11-12-13-17-23-29-25-26-30(28(29)22-6-4-2)24-18-21-27-19-15-14-16-20-27/h14-16,19-20,25-26H,3-13,17-18,21-24H2,1-2H3/q+1. The number of hydrogen-bond acceptors (Lipinski definition) is 0. The first-order valence-electron chi connectivity index (χ1n) is 13.0. The second-order valence-corrected chi connectivity index (χ2v) is 8.98. The molecule has 0 radical (unpaired) electrons. The van der Waals surface area contributed by atoms with Crippen LogP contribution in [-0.2, 0) is 25.9 Å². The van der Waals surface area contributed by atoms with Gasteiger partial charge in [-0.15, -0.1) is 0 Å². The van der Waals surface area contributed by atoms with Crippen LogP contribution in [0, 0.1) is 0 Å². The molecule has 0 fully saturated rings. The first kappa shape index (κ1) is 24.7. The third-order valence-corrected chi connectivity index (χ3v) is 6.30.